The molecule has 0 spiro atoms. The minimum atomic E-state index is 0.662. The first-order valence-electron chi connectivity index (χ1n) is 8.52. The van der Waals surface area contributed by atoms with Gasteiger partial charge in [0.05, 0.1) is 0 Å². The van der Waals surface area contributed by atoms with Crippen molar-refractivity contribution in [2.75, 3.05) is 19.8 Å². The highest BCUT2D eigenvalue weighted by atomic mass is 16.5. The maximum absolute atomic E-state index is 8.14. The van der Waals surface area contributed by atoms with E-state index in [9.17, 15) is 0 Å². The van der Waals surface area contributed by atoms with Crippen LogP contribution in [0.1, 0.15) is 77.0 Å². The molecule has 0 aromatic carbocycles. The third kappa shape index (κ3) is 10.1. The quantitative estimate of drug-likeness (QED) is 0.187. The molecule has 0 N–H and O–H groups in total. The molecule has 4 nitrogen and oxygen atoms in total. The van der Waals surface area contributed by atoms with Crippen LogP contribution < -0.4 is 0 Å². The molecule has 116 valence electrons. The summed E-state index contributed by atoms with van der Waals surface area (Å²) >= 11 is 0. The Labute approximate surface area is 123 Å². The van der Waals surface area contributed by atoms with Crippen molar-refractivity contribution in [3.05, 3.63) is 10.4 Å². The predicted octanol–water partition coefficient (Wildman–Crippen LogP) is 5.62. The Morgan fingerprint density at radius 3 is 2.15 bits per heavy atom. The monoisotopic (exact) mass is 281 g/mol. The zero-order valence-electron chi connectivity index (χ0n) is 12.9. The predicted molar refractivity (Wildman–Crippen MR) is 83.7 cm³/mol. The highest BCUT2D eigenvalue weighted by Crippen LogP contribution is 2.24. The molecule has 0 heterocycles. The molecule has 20 heavy (non-hydrogen) atoms. The van der Waals surface area contributed by atoms with Crippen LogP contribution in [0, 0.1) is 5.92 Å². The van der Waals surface area contributed by atoms with E-state index in [1.165, 1.54) is 70.6 Å². The second-order valence-corrected chi connectivity index (χ2v) is 6.01. The van der Waals surface area contributed by atoms with E-state index in [4.69, 9.17) is 10.3 Å². The van der Waals surface area contributed by atoms with Crippen LogP contribution in [0.25, 0.3) is 10.4 Å². The van der Waals surface area contributed by atoms with Gasteiger partial charge in [0, 0.05) is 24.7 Å². The summed E-state index contributed by atoms with van der Waals surface area (Å²) in [5, 5.41) is 3.54. The van der Waals surface area contributed by atoms with Gasteiger partial charge < -0.3 is 4.74 Å². The molecule has 1 aliphatic rings. The second kappa shape index (κ2) is 13.3. The fourth-order valence-electron chi connectivity index (χ4n) is 2.92. The standard InChI is InChI=1S/C16H31N3O/c17-19-18-13-9-5-3-1-2-4-6-10-14-20-15-16-11-7-8-12-16/h16H,1-15H2. The first-order valence-corrected chi connectivity index (χ1v) is 8.52. The Bertz CT molecular complexity index is 258. The van der Waals surface area contributed by atoms with E-state index in [-0.39, 0.29) is 0 Å². The lowest BCUT2D eigenvalue weighted by Gasteiger charge is -2.09. The van der Waals surface area contributed by atoms with Crippen molar-refractivity contribution in [1.29, 1.82) is 0 Å². The summed E-state index contributed by atoms with van der Waals surface area (Å²) < 4.78 is 5.76. The largest absolute Gasteiger partial charge is 0.381 e. The number of nitrogens with zero attached hydrogens (tertiary/aromatic N) is 3. The van der Waals surface area contributed by atoms with Gasteiger partial charge in [0.25, 0.3) is 0 Å². The van der Waals surface area contributed by atoms with Gasteiger partial charge in [0.1, 0.15) is 0 Å². The molecule has 0 unspecified atom stereocenters. The normalized spacial score (nSPS) is 15.4. The molecule has 0 bridgehead atoms. The van der Waals surface area contributed by atoms with Crippen molar-refractivity contribution in [3.8, 4) is 0 Å². The Morgan fingerprint density at radius 2 is 1.50 bits per heavy atom. The third-order valence-electron chi connectivity index (χ3n) is 4.19. The van der Waals surface area contributed by atoms with E-state index in [0.717, 1.165) is 25.6 Å². The van der Waals surface area contributed by atoms with Crippen LogP contribution in [0.15, 0.2) is 5.11 Å². The fourth-order valence-corrected chi connectivity index (χ4v) is 2.92. The molecule has 0 aliphatic heterocycles. The van der Waals surface area contributed by atoms with Crippen molar-refractivity contribution >= 4 is 0 Å². The van der Waals surface area contributed by atoms with E-state index in [0.29, 0.717) is 6.54 Å². The van der Waals surface area contributed by atoms with Gasteiger partial charge in [-0.25, -0.2) is 0 Å². The number of azide groups is 1. The van der Waals surface area contributed by atoms with Crippen LogP contribution in [0.4, 0.5) is 0 Å². The molecule has 0 aromatic rings. The Kier molecular flexibility index (Phi) is 11.5. The minimum Gasteiger partial charge on any atom is -0.381 e. The van der Waals surface area contributed by atoms with Crippen molar-refractivity contribution in [2.45, 2.75) is 77.0 Å². The molecule has 1 aliphatic carbocycles. The summed E-state index contributed by atoms with van der Waals surface area (Å²) in [6.45, 7) is 2.63. The summed E-state index contributed by atoms with van der Waals surface area (Å²) in [6.07, 6.45) is 15.6. The lowest BCUT2D eigenvalue weighted by atomic mass is 10.1. The van der Waals surface area contributed by atoms with Crippen LogP contribution in [0.3, 0.4) is 0 Å². The summed E-state index contributed by atoms with van der Waals surface area (Å²) in [4.78, 5) is 2.76. The minimum absolute atomic E-state index is 0.662. The number of rotatable bonds is 13. The van der Waals surface area contributed by atoms with E-state index in [2.05, 4.69) is 10.0 Å². The van der Waals surface area contributed by atoms with Crippen molar-refractivity contribution in [1.82, 2.24) is 0 Å². The molecule has 1 rings (SSSR count). The number of hydrogen-bond donors (Lipinski definition) is 0. The zero-order valence-corrected chi connectivity index (χ0v) is 12.9. The molecule has 0 amide bonds. The van der Waals surface area contributed by atoms with Crippen LogP contribution in [0.2, 0.25) is 0 Å². The van der Waals surface area contributed by atoms with Gasteiger partial charge in [-0.15, -0.1) is 0 Å². The van der Waals surface area contributed by atoms with Crippen molar-refractivity contribution < 1.29 is 4.74 Å². The zero-order chi connectivity index (χ0) is 14.3. The second-order valence-electron chi connectivity index (χ2n) is 6.01. The van der Waals surface area contributed by atoms with Crippen molar-refractivity contribution in [2.24, 2.45) is 11.0 Å². The molecule has 4 heteroatoms. The SMILES string of the molecule is [N-]=[N+]=NCCCCCCCCCCOCC1CCCC1. The number of ether oxygens (including phenoxy) is 1. The topological polar surface area (TPSA) is 58.0 Å². The molecule has 0 radical (unpaired) electrons. The summed E-state index contributed by atoms with van der Waals surface area (Å²) in [6, 6.07) is 0. The first-order chi connectivity index (χ1) is 9.93. The van der Waals surface area contributed by atoms with E-state index in [1.54, 1.807) is 0 Å². The Balaban J connectivity index is 1.69. The van der Waals surface area contributed by atoms with Gasteiger partial charge in [-0.3, -0.25) is 0 Å². The molecule has 0 aromatic heterocycles. The lowest BCUT2D eigenvalue weighted by Crippen LogP contribution is -2.06. The number of unbranched alkanes of at least 4 members (excludes halogenated alkanes) is 7. The molecule has 0 atom stereocenters. The fraction of sp³-hybridized carbons (Fsp3) is 1.00. The highest BCUT2D eigenvalue weighted by Gasteiger charge is 2.14. The smallest absolute Gasteiger partial charge is 0.0494 e. The third-order valence-corrected chi connectivity index (χ3v) is 4.19. The van der Waals surface area contributed by atoms with Gasteiger partial charge in [-0.05, 0) is 37.1 Å². The van der Waals surface area contributed by atoms with Gasteiger partial charge in [0.15, 0.2) is 0 Å². The Hall–Kier alpha value is -0.730. The average Bonchev–Trinajstić information content (AvgIpc) is 2.97. The maximum atomic E-state index is 8.14. The summed E-state index contributed by atoms with van der Waals surface area (Å²) in [5.41, 5.74) is 8.14. The Morgan fingerprint density at radius 1 is 0.900 bits per heavy atom. The van der Waals surface area contributed by atoms with Crippen LogP contribution in [0.5, 0.6) is 0 Å². The molecular weight excluding hydrogens is 250 g/mol. The lowest BCUT2D eigenvalue weighted by molar-refractivity contribution is 0.0978. The van der Waals surface area contributed by atoms with Gasteiger partial charge in [0.2, 0.25) is 0 Å². The number of hydrogen-bond acceptors (Lipinski definition) is 2. The molecular formula is C16H31N3O. The average molecular weight is 281 g/mol. The molecule has 1 fully saturated rings. The van der Waals surface area contributed by atoms with Crippen LogP contribution >= 0.6 is 0 Å². The van der Waals surface area contributed by atoms with Gasteiger partial charge >= 0.3 is 0 Å². The summed E-state index contributed by atoms with van der Waals surface area (Å²) in [7, 11) is 0. The van der Waals surface area contributed by atoms with E-state index >= 15 is 0 Å². The van der Waals surface area contributed by atoms with Crippen molar-refractivity contribution in [3.63, 3.8) is 0 Å². The van der Waals surface area contributed by atoms with E-state index < -0.39 is 0 Å². The van der Waals surface area contributed by atoms with Gasteiger partial charge in [-0.1, -0.05) is 56.5 Å². The molecule has 0 saturated heterocycles. The highest BCUT2D eigenvalue weighted by molar-refractivity contribution is 4.66. The molecule has 1 saturated carbocycles. The first kappa shape index (κ1) is 17.3. The maximum Gasteiger partial charge on any atom is 0.0494 e. The van der Waals surface area contributed by atoms with E-state index in [1.807, 2.05) is 0 Å². The van der Waals surface area contributed by atoms with Crippen LogP contribution in [-0.4, -0.2) is 19.8 Å². The van der Waals surface area contributed by atoms with Gasteiger partial charge in [-0.2, -0.15) is 0 Å². The summed E-state index contributed by atoms with van der Waals surface area (Å²) in [5.74, 6) is 0.861. The van der Waals surface area contributed by atoms with Crippen LogP contribution in [-0.2, 0) is 4.74 Å².